The summed E-state index contributed by atoms with van der Waals surface area (Å²) in [5.74, 6) is -0.104. The van der Waals surface area contributed by atoms with Crippen LogP contribution in [0, 0.1) is 6.92 Å². The van der Waals surface area contributed by atoms with E-state index in [9.17, 15) is 4.79 Å². The van der Waals surface area contributed by atoms with Crippen molar-refractivity contribution in [1.29, 1.82) is 0 Å². The van der Waals surface area contributed by atoms with E-state index in [1.807, 2.05) is 32.0 Å². The van der Waals surface area contributed by atoms with Gasteiger partial charge in [-0.15, -0.1) is 5.10 Å². The molecule has 0 fully saturated rings. The lowest BCUT2D eigenvalue weighted by atomic mass is 10.1. The van der Waals surface area contributed by atoms with Gasteiger partial charge in [0.1, 0.15) is 6.54 Å². The van der Waals surface area contributed by atoms with Crippen LogP contribution in [0.4, 0.5) is 0 Å². The molecule has 1 aromatic carbocycles. The largest absolute Gasteiger partial charge is 0.348 e. The van der Waals surface area contributed by atoms with Gasteiger partial charge in [0, 0.05) is 6.54 Å². The van der Waals surface area contributed by atoms with E-state index in [0.29, 0.717) is 12.2 Å². The molecule has 0 spiro atoms. The van der Waals surface area contributed by atoms with Crippen LogP contribution < -0.4 is 11.1 Å². The van der Waals surface area contributed by atoms with Crippen molar-refractivity contribution in [2.24, 2.45) is 5.73 Å². The standard InChI is InChI=1S/C14H19N5O/c1-10-4-3-5-12(6-10)11(2)16-14(20)9-19-8-13(7-15)17-18-19/h3-6,8,11H,7,9,15H2,1-2H3,(H,16,20)/t11-/m0/s1. The molecule has 6 heteroatoms. The van der Waals surface area contributed by atoms with E-state index in [1.165, 1.54) is 10.2 Å². The van der Waals surface area contributed by atoms with Crippen LogP contribution in [0.2, 0.25) is 0 Å². The second-order valence-corrected chi connectivity index (χ2v) is 4.81. The number of nitrogens with two attached hydrogens (primary N) is 1. The van der Waals surface area contributed by atoms with E-state index >= 15 is 0 Å². The third kappa shape index (κ3) is 3.64. The molecule has 1 atom stereocenters. The van der Waals surface area contributed by atoms with E-state index < -0.39 is 0 Å². The minimum Gasteiger partial charge on any atom is -0.348 e. The molecule has 1 aromatic heterocycles. The van der Waals surface area contributed by atoms with Gasteiger partial charge in [-0.05, 0) is 19.4 Å². The summed E-state index contributed by atoms with van der Waals surface area (Å²) >= 11 is 0. The number of aromatic nitrogens is 3. The number of benzene rings is 1. The summed E-state index contributed by atoms with van der Waals surface area (Å²) in [6.45, 7) is 4.45. The van der Waals surface area contributed by atoms with E-state index in [1.54, 1.807) is 6.20 Å². The zero-order valence-corrected chi connectivity index (χ0v) is 11.7. The maximum absolute atomic E-state index is 11.9. The number of rotatable bonds is 5. The molecule has 0 bridgehead atoms. The first kappa shape index (κ1) is 14.2. The molecule has 20 heavy (non-hydrogen) atoms. The summed E-state index contributed by atoms with van der Waals surface area (Å²) in [5.41, 5.74) is 8.38. The Hall–Kier alpha value is -2.21. The predicted molar refractivity (Wildman–Crippen MR) is 75.7 cm³/mol. The summed E-state index contributed by atoms with van der Waals surface area (Å²) in [4.78, 5) is 11.9. The monoisotopic (exact) mass is 273 g/mol. The molecular formula is C14H19N5O. The Balaban J connectivity index is 1.94. The highest BCUT2D eigenvalue weighted by Gasteiger charge is 2.11. The molecule has 2 rings (SSSR count). The van der Waals surface area contributed by atoms with E-state index in [0.717, 1.165) is 5.56 Å². The fraction of sp³-hybridized carbons (Fsp3) is 0.357. The Labute approximate surface area is 118 Å². The van der Waals surface area contributed by atoms with E-state index in [-0.39, 0.29) is 18.5 Å². The first-order valence-electron chi connectivity index (χ1n) is 6.53. The van der Waals surface area contributed by atoms with Crippen LogP contribution >= 0.6 is 0 Å². The van der Waals surface area contributed by atoms with E-state index in [2.05, 4.69) is 21.7 Å². The van der Waals surface area contributed by atoms with Crippen molar-refractivity contribution in [1.82, 2.24) is 20.3 Å². The van der Waals surface area contributed by atoms with Gasteiger partial charge in [-0.3, -0.25) is 4.79 Å². The Morgan fingerprint density at radius 3 is 2.95 bits per heavy atom. The molecule has 0 saturated carbocycles. The number of hydrogen-bond acceptors (Lipinski definition) is 4. The summed E-state index contributed by atoms with van der Waals surface area (Å²) in [7, 11) is 0. The van der Waals surface area contributed by atoms with Gasteiger partial charge < -0.3 is 11.1 Å². The topological polar surface area (TPSA) is 85.8 Å². The van der Waals surface area contributed by atoms with Crippen LogP contribution in [0.5, 0.6) is 0 Å². The number of nitrogens with zero attached hydrogens (tertiary/aromatic N) is 3. The SMILES string of the molecule is Cc1cccc([C@H](C)NC(=O)Cn2cc(CN)nn2)c1. The van der Waals surface area contributed by atoms with Crippen LogP contribution in [0.25, 0.3) is 0 Å². The normalized spacial score (nSPS) is 12.2. The van der Waals surface area contributed by atoms with Crippen LogP contribution in [-0.4, -0.2) is 20.9 Å². The molecule has 0 aliphatic carbocycles. The Morgan fingerprint density at radius 1 is 1.50 bits per heavy atom. The Morgan fingerprint density at radius 2 is 2.30 bits per heavy atom. The lowest BCUT2D eigenvalue weighted by molar-refractivity contribution is -0.122. The highest BCUT2D eigenvalue weighted by Crippen LogP contribution is 2.13. The average Bonchev–Trinajstić information content (AvgIpc) is 2.86. The van der Waals surface area contributed by atoms with Crippen LogP contribution in [0.1, 0.15) is 29.8 Å². The highest BCUT2D eigenvalue weighted by molar-refractivity contribution is 5.76. The molecule has 0 saturated heterocycles. The van der Waals surface area contributed by atoms with Crippen LogP contribution in [0.15, 0.2) is 30.5 Å². The van der Waals surface area contributed by atoms with Gasteiger partial charge in [0.25, 0.3) is 0 Å². The second kappa shape index (κ2) is 6.29. The molecule has 3 N–H and O–H groups in total. The minimum atomic E-state index is -0.104. The number of carbonyl (C=O) groups excluding carboxylic acids is 1. The lowest BCUT2D eigenvalue weighted by Crippen LogP contribution is -2.30. The zero-order valence-electron chi connectivity index (χ0n) is 11.7. The van der Waals surface area contributed by atoms with Crippen molar-refractivity contribution in [3.05, 3.63) is 47.3 Å². The first-order valence-corrected chi connectivity index (χ1v) is 6.53. The summed E-state index contributed by atoms with van der Waals surface area (Å²) in [5, 5.41) is 10.6. The zero-order chi connectivity index (χ0) is 14.5. The van der Waals surface area contributed by atoms with Crippen LogP contribution in [0.3, 0.4) is 0 Å². The number of amides is 1. The van der Waals surface area contributed by atoms with Gasteiger partial charge >= 0.3 is 0 Å². The third-order valence-corrected chi connectivity index (χ3v) is 3.02. The molecule has 2 aromatic rings. The van der Waals surface area contributed by atoms with Crippen LogP contribution in [-0.2, 0) is 17.9 Å². The predicted octanol–water partition coefficient (Wildman–Crippen LogP) is 0.923. The van der Waals surface area contributed by atoms with Crippen molar-refractivity contribution in [3.63, 3.8) is 0 Å². The highest BCUT2D eigenvalue weighted by atomic mass is 16.2. The Kier molecular flexibility index (Phi) is 4.47. The number of nitrogens with one attached hydrogen (secondary N) is 1. The quantitative estimate of drug-likeness (QED) is 0.848. The summed E-state index contributed by atoms with van der Waals surface area (Å²) in [6.07, 6.45) is 1.68. The smallest absolute Gasteiger partial charge is 0.242 e. The second-order valence-electron chi connectivity index (χ2n) is 4.81. The first-order chi connectivity index (χ1) is 9.58. The molecule has 0 unspecified atom stereocenters. The van der Waals surface area contributed by atoms with Gasteiger partial charge in [0.05, 0.1) is 17.9 Å². The minimum absolute atomic E-state index is 0.0418. The summed E-state index contributed by atoms with van der Waals surface area (Å²) in [6, 6.07) is 8.03. The number of aryl methyl sites for hydroxylation is 1. The molecule has 0 radical (unpaired) electrons. The fourth-order valence-electron chi connectivity index (χ4n) is 1.97. The van der Waals surface area contributed by atoms with Gasteiger partial charge in [0.2, 0.25) is 5.91 Å². The number of hydrogen-bond donors (Lipinski definition) is 2. The average molecular weight is 273 g/mol. The number of carbonyl (C=O) groups is 1. The van der Waals surface area contributed by atoms with Crippen molar-refractivity contribution >= 4 is 5.91 Å². The molecular weight excluding hydrogens is 254 g/mol. The Bertz CT molecular complexity index is 593. The molecule has 6 nitrogen and oxygen atoms in total. The molecule has 1 amide bonds. The van der Waals surface area contributed by atoms with Gasteiger partial charge in [-0.2, -0.15) is 0 Å². The lowest BCUT2D eigenvalue weighted by Gasteiger charge is -2.14. The van der Waals surface area contributed by atoms with Crippen molar-refractivity contribution in [2.75, 3.05) is 0 Å². The fourth-order valence-corrected chi connectivity index (χ4v) is 1.97. The third-order valence-electron chi connectivity index (χ3n) is 3.02. The maximum Gasteiger partial charge on any atom is 0.242 e. The molecule has 0 aliphatic rings. The van der Waals surface area contributed by atoms with Gasteiger partial charge in [-0.1, -0.05) is 35.0 Å². The van der Waals surface area contributed by atoms with Crippen molar-refractivity contribution in [3.8, 4) is 0 Å². The molecule has 106 valence electrons. The molecule has 1 heterocycles. The van der Waals surface area contributed by atoms with E-state index in [4.69, 9.17) is 5.73 Å². The maximum atomic E-state index is 11.9. The van der Waals surface area contributed by atoms with Crippen molar-refractivity contribution in [2.45, 2.75) is 33.0 Å². The van der Waals surface area contributed by atoms with Gasteiger partial charge in [-0.25, -0.2) is 4.68 Å². The van der Waals surface area contributed by atoms with Crippen molar-refractivity contribution < 1.29 is 4.79 Å². The molecule has 0 aliphatic heterocycles. The summed E-state index contributed by atoms with van der Waals surface area (Å²) < 4.78 is 1.49. The van der Waals surface area contributed by atoms with Gasteiger partial charge in [0.15, 0.2) is 0 Å².